The van der Waals surface area contributed by atoms with Crippen molar-refractivity contribution in [3.8, 4) is 0 Å². The van der Waals surface area contributed by atoms with Crippen LogP contribution in [0.3, 0.4) is 0 Å². The lowest BCUT2D eigenvalue weighted by Crippen LogP contribution is -2.25. The van der Waals surface area contributed by atoms with Gasteiger partial charge >= 0.3 is 0 Å². The Bertz CT molecular complexity index is 363. The van der Waals surface area contributed by atoms with E-state index in [1.165, 1.54) is 0 Å². The summed E-state index contributed by atoms with van der Waals surface area (Å²) < 4.78 is 5.39. The number of halogens is 1. The van der Waals surface area contributed by atoms with Crippen LogP contribution in [0.4, 0.5) is 0 Å². The third-order valence-corrected chi connectivity index (χ3v) is 2.74. The second-order valence-electron chi connectivity index (χ2n) is 4.36. The quantitative estimate of drug-likeness (QED) is 0.610. The maximum atomic E-state index is 11.8. The standard InChI is InChI=1S/C14H20ClNO2/c1-11(2)18-9-3-8-16-14(17)13-6-4-12(10-15)5-7-13/h4-7,11H,3,8-10H2,1-2H3,(H,16,17). The van der Waals surface area contributed by atoms with E-state index < -0.39 is 0 Å². The summed E-state index contributed by atoms with van der Waals surface area (Å²) in [7, 11) is 0. The maximum Gasteiger partial charge on any atom is 0.251 e. The summed E-state index contributed by atoms with van der Waals surface area (Å²) in [4.78, 5) is 11.8. The minimum atomic E-state index is -0.0549. The van der Waals surface area contributed by atoms with Crippen molar-refractivity contribution in [2.45, 2.75) is 32.3 Å². The largest absolute Gasteiger partial charge is 0.379 e. The Morgan fingerprint density at radius 1 is 1.33 bits per heavy atom. The van der Waals surface area contributed by atoms with Crippen molar-refractivity contribution in [1.29, 1.82) is 0 Å². The third-order valence-electron chi connectivity index (χ3n) is 2.43. The topological polar surface area (TPSA) is 38.3 Å². The van der Waals surface area contributed by atoms with E-state index in [0.29, 0.717) is 24.6 Å². The first-order valence-corrected chi connectivity index (χ1v) is 6.71. The Kier molecular flexibility index (Phi) is 6.76. The van der Waals surface area contributed by atoms with Crippen molar-refractivity contribution in [3.63, 3.8) is 0 Å². The van der Waals surface area contributed by atoms with Crippen LogP contribution in [0.1, 0.15) is 36.2 Å². The number of benzene rings is 1. The Labute approximate surface area is 113 Å². The second-order valence-corrected chi connectivity index (χ2v) is 4.63. The van der Waals surface area contributed by atoms with Gasteiger partial charge in [-0.2, -0.15) is 0 Å². The zero-order chi connectivity index (χ0) is 13.4. The van der Waals surface area contributed by atoms with Crippen molar-refractivity contribution in [1.82, 2.24) is 5.32 Å². The van der Waals surface area contributed by atoms with E-state index in [1.54, 1.807) is 12.1 Å². The highest BCUT2D eigenvalue weighted by atomic mass is 35.5. The first-order chi connectivity index (χ1) is 8.63. The smallest absolute Gasteiger partial charge is 0.251 e. The molecule has 0 atom stereocenters. The molecule has 0 fully saturated rings. The SMILES string of the molecule is CC(C)OCCCNC(=O)c1ccc(CCl)cc1. The minimum absolute atomic E-state index is 0.0549. The fraction of sp³-hybridized carbons (Fsp3) is 0.500. The van der Waals surface area contributed by atoms with Crippen molar-refractivity contribution in [2.75, 3.05) is 13.2 Å². The van der Waals surface area contributed by atoms with Gasteiger partial charge in [-0.15, -0.1) is 11.6 Å². The number of nitrogens with one attached hydrogen (secondary N) is 1. The number of hydrogen-bond donors (Lipinski definition) is 1. The molecule has 0 saturated carbocycles. The van der Waals surface area contributed by atoms with Crippen molar-refractivity contribution >= 4 is 17.5 Å². The average molecular weight is 270 g/mol. The lowest BCUT2D eigenvalue weighted by molar-refractivity contribution is 0.0757. The van der Waals surface area contributed by atoms with E-state index in [-0.39, 0.29) is 12.0 Å². The Hall–Kier alpha value is -1.06. The molecule has 1 amide bonds. The van der Waals surface area contributed by atoms with Crippen LogP contribution in [-0.2, 0) is 10.6 Å². The molecule has 0 heterocycles. The van der Waals surface area contributed by atoms with E-state index in [0.717, 1.165) is 12.0 Å². The van der Waals surface area contributed by atoms with Crippen LogP contribution in [0.2, 0.25) is 0 Å². The van der Waals surface area contributed by atoms with Crippen molar-refractivity contribution < 1.29 is 9.53 Å². The molecule has 100 valence electrons. The summed E-state index contributed by atoms with van der Waals surface area (Å²) in [6.07, 6.45) is 1.06. The van der Waals surface area contributed by atoms with Gasteiger partial charge < -0.3 is 10.1 Å². The van der Waals surface area contributed by atoms with Gasteiger partial charge in [-0.05, 0) is 38.0 Å². The molecule has 4 heteroatoms. The summed E-state index contributed by atoms with van der Waals surface area (Å²) in [5, 5.41) is 2.86. The van der Waals surface area contributed by atoms with E-state index in [2.05, 4.69) is 5.32 Å². The monoisotopic (exact) mass is 269 g/mol. The molecule has 3 nitrogen and oxygen atoms in total. The molecule has 0 unspecified atom stereocenters. The highest BCUT2D eigenvalue weighted by Gasteiger charge is 2.04. The van der Waals surface area contributed by atoms with Gasteiger partial charge in [-0.3, -0.25) is 4.79 Å². The van der Waals surface area contributed by atoms with Crippen LogP contribution in [-0.4, -0.2) is 25.2 Å². The molecule has 0 aliphatic carbocycles. The molecular formula is C14H20ClNO2. The molecule has 1 aromatic carbocycles. The predicted octanol–water partition coefficient (Wildman–Crippen LogP) is 2.97. The summed E-state index contributed by atoms with van der Waals surface area (Å²) in [5.74, 6) is 0.412. The van der Waals surface area contributed by atoms with Crippen LogP contribution in [0.25, 0.3) is 0 Å². The maximum absolute atomic E-state index is 11.8. The molecule has 1 N–H and O–H groups in total. The number of alkyl halides is 1. The molecule has 1 rings (SSSR count). The van der Waals surface area contributed by atoms with E-state index >= 15 is 0 Å². The van der Waals surface area contributed by atoms with Gasteiger partial charge in [-0.1, -0.05) is 12.1 Å². The van der Waals surface area contributed by atoms with Gasteiger partial charge in [-0.25, -0.2) is 0 Å². The van der Waals surface area contributed by atoms with Gasteiger partial charge in [0.1, 0.15) is 0 Å². The fourth-order valence-electron chi connectivity index (χ4n) is 1.44. The number of rotatable bonds is 7. The van der Waals surface area contributed by atoms with Crippen LogP contribution in [0.5, 0.6) is 0 Å². The first-order valence-electron chi connectivity index (χ1n) is 6.18. The predicted molar refractivity (Wildman–Crippen MR) is 74.0 cm³/mol. The molecule has 0 aromatic heterocycles. The van der Waals surface area contributed by atoms with Crippen LogP contribution < -0.4 is 5.32 Å². The van der Waals surface area contributed by atoms with Crippen LogP contribution in [0, 0.1) is 0 Å². The molecule has 0 aliphatic rings. The number of ether oxygens (including phenoxy) is 1. The van der Waals surface area contributed by atoms with Crippen molar-refractivity contribution in [3.05, 3.63) is 35.4 Å². The molecule has 1 aromatic rings. The number of carbonyl (C=O) groups is 1. The van der Waals surface area contributed by atoms with Crippen LogP contribution in [0.15, 0.2) is 24.3 Å². The Balaban J connectivity index is 2.27. The molecule has 18 heavy (non-hydrogen) atoms. The average Bonchev–Trinajstić information content (AvgIpc) is 2.38. The van der Waals surface area contributed by atoms with Crippen molar-refractivity contribution in [2.24, 2.45) is 0 Å². The molecule has 0 aliphatic heterocycles. The Morgan fingerprint density at radius 3 is 2.56 bits per heavy atom. The summed E-state index contributed by atoms with van der Waals surface area (Å²) in [5.41, 5.74) is 1.67. The zero-order valence-corrected chi connectivity index (χ0v) is 11.7. The molecule has 0 bridgehead atoms. The number of hydrogen-bond acceptors (Lipinski definition) is 2. The summed E-state index contributed by atoms with van der Waals surface area (Å²) in [6, 6.07) is 7.31. The van der Waals surface area contributed by atoms with E-state index in [1.807, 2.05) is 26.0 Å². The minimum Gasteiger partial charge on any atom is -0.379 e. The normalized spacial score (nSPS) is 10.7. The fourth-order valence-corrected chi connectivity index (χ4v) is 1.62. The third kappa shape index (κ3) is 5.52. The van der Waals surface area contributed by atoms with E-state index in [4.69, 9.17) is 16.3 Å². The number of amides is 1. The Morgan fingerprint density at radius 2 is 2.00 bits per heavy atom. The van der Waals surface area contributed by atoms with Gasteiger partial charge in [0.15, 0.2) is 0 Å². The second kappa shape index (κ2) is 8.11. The lowest BCUT2D eigenvalue weighted by Gasteiger charge is -2.08. The first kappa shape index (κ1) is 15.0. The lowest BCUT2D eigenvalue weighted by atomic mass is 10.1. The molecule has 0 spiro atoms. The van der Waals surface area contributed by atoms with Gasteiger partial charge in [0.25, 0.3) is 5.91 Å². The highest BCUT2D eigenvalue weighted by Crippen LogP contribution is 2.06. The zero-order valence-electron chi connectivity index (χ0n) is 10.9. The summed E-state index contributed by atoms with van der Waals surface area (Å²) >= 11 is 5.69. The van der Waals surface area contributed by atoms with Crippen LogP contribution >= 0.6 is 11.6 Å². The summed E-state index contributed by atoms with van der Waals surface area (Å²) in [6.45, 7) is 5.29. The van der Waals surface area contributed by atoms with Gasteiger partial charge in [0.05, 0.1) is 6.10 Å². The van der Waals surface area contributed by atoms with Gasteiger partial charge in [0.2, 0.25) is 0 Å². The van der Waals surface area contributed by atoms with Gasteiger partial charge in [0, 0.05) is 24.6 Å². The number of carbonyl (C=O) groups excluding carboxylic acids is 1. The highest BCUT2D eigenvalue weighted by molar-refractivity contribution is 6.17. The molecule has 0 radical (unpaired) electrons. The molecular weight excluding hydrogens is 250 g/mol. The molecule has 0 saturated heterocycles. The van der Waals surface area contributed by atoms with E-state index in [9.17, 15) is 4.79 Å².